The molecule has 0 bridgehead atoms. The molecule has 0 N–H and O–H groups in total. The van der Waals surface area contributed by atoms with Crippen LogP contribution in [0.3, 0.4) is 0 Å². The lowest BCUT2D eigenvalue weighted by atomic mass is 10.1. The van der Waals surface area contributed by atoms with Gasteiger partial charge in [-0.2, -0.15) is 10.2 Å². The minimum absolute atomic E-state index is 0.111. The maximum Gasteiger partial charge on any atom is 0.236 e. The molecule has 3 heterocycles. The third kappa shape index (κ3) is 4.28. The molecule has 0 aliphatic carbocycles. The first kappa shape index (κ1) is 22.4. The molecule has 0 amide bonds. The van der Waals surface area contributed by atoms with E-state index in [1.54, 1.807) is 36.8 Å². The Kier molecular flexibility index (Phi) is 5.61. The molecule has 4 rings (SSSR count). The minimum atomic E-state index is -1.17. The van der Waals surface area contributed by atoms with E-state index in [4.69, 9.17) is 4.74 Å². The smallest absolute Gasteiger partial charge is 0.236 e. The van der Waals surface area contributed by atoms with E-state index in [0.29, 0.717) is 11.6 Å². The van der Waals surface area contributed by atoms with Gasteiger partial charge in [-0.25, -0.2) is 13.3 Å². The lowest BCUT2D eigenvalue weighted by Crippen LogP contribution is -2.36. The van der Waals surface area contributed by atoms with Gasteiger partial charge in [-0.3, -0.25) is 14.8 Å². The van der Waals surface area contributed by atoms with Crippen molar-refractivity contribution in [3.63, 3.8) is 0 Å². The molecule has 0 unspecified atom stereocenters. The fourth-order valence-corrected chi connectivity index (χ4v) is 3.67. The summed E-state index contributed by atoms with van der Waals surface area (Å²) in [7, 11) is 0. The summed E-state index contributed by atoms with van der Waals surface area (Å²) < 4.78 is 36.9. The number of pyridine rings is 1. The van der Waals surface area contributed by atoms with Gasteiger partial charge in [0.2, 0.25) is 11.4 Å². The van der Waals surface area contributed by atoms with E-state index in [2.05, 4.69) is 10.2 Å². The fourth-order valence-electron chi connectivity index (χ4n) is 3.67. The number of rotatable bonds is 7. The standard InChI is InChI=1S/C23H23F2N5O3/c1-14-8-20-22(16-10-26-28(11-16)13-23(3,4)30(31)32)15(2)27-29(20)21(9-14)33-12-17-18(24)6-5-7-19(17)25/h5-11H,12-13H2,1-4H3. The van der Waals surface area contributed by atoms with E-state index < -0.39 is 17.2 Å². The Labute approximate surface area is 188 Å². The number of nitrogens with zero attached hydrogens (tertiary/aromatic N) is 5. The molecule has 8 nitrogen and oxygen atoms in total. The number of hydrogen-bond acceptors (Lipinski definition) is 5. The Morgan fingerprint density at radius 3 is 2.55 bits per heavy atom. The lowest BCUT2D eigenvalue weighted by molar-refractivity contribution is -0.563. The molecule has 0 aliphatic rings. The summed E-state index contributed by atoms with van der Waals surface area (Å²) in [5.74, 6) is -1.02. The molecule has 0 fully saturated rings. The molecule has 10 heteroatoms. The van der Waals surface area contributed by atoms with Crippen LogP contribution in [-0.2, 0) is 13.2 Å². The minimum Gasteiger partial charge on any atom is -0.473 e. The normalized spacial score (nSPS) is 11.8. The molecule has 0 aliphatic heterocycles. The van der Waals surface area contributed by atoms with E-state index in [1.165, 1.54) is 22.9 Å². The molecule has 0 saturated heterocycles. The lowest BCUT2D eigenvalue weighted by Gasteiger charge is -2.14. The molecule has 0 saturated carbocycles. The van der Waals surface area contributed by atoms with Gasteiger partial charge in [0.25, 0.3) is 0 Å². The molecule has 4 aromatic rings. The summed E-state index contributed by atoms with van der Waals surface area (Å²) in [5.41, 5.74) is 2.50. The Hall–Kier alpha value is -3.82. The summed E-state index contributed by atoms with van der Waals surface area (Å²) in [4.78, 5) is 10.9. The van der Waals surface area contributed by atoms with E-state index >= 15 is 0 Å². The molecule has 0 atom stereocenters. The molecule has 1 aromatic carbocycles. The third-order valence-electron chi connectivity index (χ3n) is 5.41. The average molecular weight is 455 g/mol. The zero-order valence-corrected chi connectivity index (χ0v) is 18.7. The Balaban J connectivity index is 1.70. The van der Waals surface area contributed by atoms with Crippen molar-refractivity contribution in [1.82, 2.24) is 19.4 Å². The second-order valence-electron chi connectivity index (χ2n) is 8.61. The van der Waals surface area contributed by atoms with Crippen molar-refractivity contribution < 1.29 is 18.4 Å². The monoisotopic (exact) mass is 455 g/mol. The van der Waals surface area contributed by atoms with Gasteiger partial charge < -0.3 is 4.74 Å². The van der Waals surface area contributed by atoms with E-state index in [-0.39, 0.29) is 23.6 Å². The van der Waals surface area contributed by atoms with Gasteiger partial charge in [0.15, 0.2) is 0 Å². The molecular formula is C23H23F2N5O3. The zero-order chi connectivity index (χ0) is 23.9. The number of aryl methyl sites for hydroxylation is 2. The van der Waals surface area contributed by atoms with Crippen LogP contribution in [0.2, 0.25) is 0 Å². The Morgan fingerprint density at radius 1 is 1.18 bits per heavy atom. The van der Waals surface area contributed by atoms with E-state index in [9.17, 15) is 18.9 Å². The van der Waals surface area contributed by atoms with Gasteiger partial charge in [-0.15, -0.1) is 0 Å². The second-order valence-corrected chi connectivity index (χ2v) is 8.61. The van der Waals surface area contributed by atoms with Crippen LogP contribution in [0.25, 0.3) is 16.6 Å². The summed E-state index contributed by atoms with van der Waals surface area (Å²) >= 11 is 0. The van der Waals surface area contributed by atoms with Gasteiger partial charge in [-0.05, 0) is 37.6 Å². The molecule has 33 heavy (non-hydrogen) atoms. The summed E-state index contributed by atoms with van der Waals surface area (Å²) in [6.45, 7) is 6.61. The van der Waals surface area contributed by atoms with Crippen molar-refractivity contribution in [2.24, 2.45) is 0 Å². The number of aromatic nitrogens is 4. The number of hydrogen-bond donors (Lipinski definition) is 0. The third-order valence-corrected chi connectivity index (χ3v) is 5.41. The first-order valence-electron chi connectivity index (χ1n) is 10.3. The van der Waals surface area contributed by atoms with Gasteiger partial charge >= 0.3 is 0 Å². The van der Waals surface area contributed by atoms with E-state index in [1.807, 2.05) is 19.9 Å². The predicted octanol–water partition coefficient (Wildman–Crippen LogP) is 4.73. The highest BCUT2D eigenvalue weighted by molar-refractivity contribution is 5.82. The second kappa shape index (κ2) is 8.27. The highest BCUT2D eigenvalue weighted by atomic mass is 19.1. The van der Waals surface area contributed by atoms with Gasteiger partial charge in [0, 0.05) is 42.2 Å². The van der Waals surface area contributed by atoms with Crippen LogP contribution in [0.1, 0.15) is 30.7 Å². The zero-order valence-electron chi connectivity index (χ0n) is 18.7. The van der Waals surface area contributed by atoms with E-state index in [0.717, 1.165) is 22.2 Å². The largest absolute Gasteiger partial charge is 0.473 e. The van der Waals surface area contributed by atoms with Crippen LogP contribution in [0, 0.1) is 35.6 Å². The van der Waals surface area contributed by atoms with Crippen LogP contribution in [0.4, 0.5) is 8.78 Å². The summed E-state index contributed by atoms with van der Waals surface area (Å²) in [5, 5.41) is 20.1. The average Bonchev–Trinajstić information content (AvgIpc) is 3.30. The van der Waals surface area contributed by atoms with Crippen LogP contribution in [-0.4, -0.2) is 29.9 Å². The van der Waals surface area contributed by atoms with Gasteiger partial charge in [0.05, 0.1) is 23.0 Å². The number of benzene rings is 1. The van der Waals surface area contributed by atoms with Crippen molar-refractivity contribution in [1.29, 1.82) is 0 Å². The number of ether oxygens (including phenoxy) is 1. The topological polar surface area (TPSA) is 87.5 Å². The fraction of sp³-hybridized carbons (Fsp3) is 0.304. The molecule has 0 spiro atoms. The number of halogens is 2. The maximum atomic E-state index is 14.0. The Morgan fingerprint density at radius 2 is 1.88 bits per heavy atom. The van der Waals surface area contributed by atoms with Crippen molar-refractivity contribution in [2.45, 2.75) is 46.4 Å². The summed E-state index contributed by atoms with van der Waals surface area (Å²) in [6, 6.07) is 7.33. The first-order chi connectivity index (χ1) is 15.6. The van der Waals surface area contributed by atoms with Crippen molar-refractivity contribution in [3.05, 3.63) is 81.3 Å². The van der Waals surface area contributed by atoms with Crippen LogP contribution in [0.5, 0.6) is 5.88 Å². The quantitative estimate of drug-likeness (QED) is 0.297. The predicted molar refractivity (Wildman–Crippen MR) is 118 cm³/mol. The van der Waals surface area contributed by atoms with Crippen LogP contribution >= 0.6 is 0 Å². The highest BCUT2D eigenvalue weighted by Gasteiger charge is 2.31. The SMILES string of the molecule is Cc1cc(OCc2c(F)cccc2F)n2nc(C)c(-c3cnn(CC(C)(C)[N+](=O)[O-])c3)c2c1. The summed E-state index contributed by atoms with van der Waals surface area (Å²) in [6.07, 6.45) is 3.38. The molecular weight excluding hydrogens is 432 g/mol. The Bertz CT molecular complexity index is 1340. The van der Waals surface area contributed by atoms with Crippen LogP contribution < -0.4 is 4.74 Å². The van der Waals surface area contributed by atoms with Crippen molar-refractivity contribution in [3.8, 4) is 17.0 Å². The van der Waals surface area contributed by atoms with Crippen molar-refractivity contribution in [2.75, 3.05) is 0 Å². The number of nitro groups is 1. The van der Waals surface area contributed by atoms with Crippen LogP contribution in [0.15, 0.2) is 42.7 Å². The molecule has 172 valence electrons. The van der Waals surface area contributed by atoms with Gasteiger partial charge in [0.1, 0.15) is 24.8 Å². The highest BCUT2D eigenvalue weighted by Crippen LogP contribution is 2.32. The van der Waals surface area contributed by atoms with Crippen molar-refractivity contribution >= 4 is 5.52 Å². The molecule has 3 aromatic heterocycles. The molecule has 0 radical (unpaired) electrons. The van der Waals surface area contributed by atoms with Gasteiger partial charge in [-0.1, -0.05) is 6.07 Å². The first-order valence-corrected chi connectivity index (χ1v) is 10.3. The number of fused-ring (bicyclic) bond motifs is 1. The maximum absolute atomic E-state index is 14.0.